The van der Waals surface area contributed by atoms with Crippen LogP contribution >= 0.6 is 27.7 Å². The molecule has 31 heavy (non-hydrogen) atoms. The van der Waals surface area contributed by atoms with Crippen LogP contribution in [0.3, 0.4) is 0 Å². The molecule has 0 aliphatic carbocycles. The SMILES string of the molecule is CNC(=O)[C@H]1[C@@H]2SC3(CC2Br)C(C(=O)Nc2cc(C)ccc2C)N(CCCO)C(=O)[C@H]13. The predicted molar refractivity (Wildman–Crippen MR) is 124 cm³/mol. The van der Waals surface area contributed by atoms with Crippen LogP contribution in [0.4, 0.5) is 5.69 Å². The highest BCUT2D eigenvalue weighted by Gasteiger charge is 2.75. The first-order chi connectivity index (χ1) is 14.7. The van der Waals surface area contributed by atoms with Crippen molar-refractivity contribution in [2.24, 2.45) is 11.8 Å². The first kappa shape index (κ1) is 22.6. The van der Waals surface area contributed by atoms with Crippen LogP contribution in [-0.4, -0.2) is 68.8 Å². The average molecular weight is 510 g/mol. The summed E-state index contributed by atoms with van der Waals surface area (Å²) in [7, 11) is 1.59. The maximum Gasteiger partial charge on any atom is 0.248 e. The molecule has 1 aromatic rings. The molecule has 3 aliphatic rings. The van der Waals surface area contributed by atoms with Crippen LogP contribution in [-0.2, 0) is 14.4 Å². The van der Waals surface area contributed by atoms with E-state index in [4.69, 9.17) is 0 Å². The van der Waals surface area contributed by atoms with E-state index in [1.807, 2.05) is 32.0 Å². The number of anilines is 1. The van der Waals surface area contributed by atoms with E-state index in [0.717, 1.165) is 16.8 Å². The number of amides is 3. The number of fused-ring (bicyclic) bond motifs is 1. The lowest BCUT2D eigenvalue weighted by atomic mass is 9.70. The number of aliphatic hydroxyl groups is 1. The fourth-order valence-electron chi connectivity index (χ4n) is 5.45. The number of nitrogens with zero attached hydrogens (tertiary/aromatic N) is 1. The van der Waals surface area contributed by atoms with Crippen molar-refractivity contribution in [3.05, 3.63) is 29.3 Å². The zero-order valence-electron chi connectivity index (χ0n) is 17.9. The Morgan fingerprint density at radius 1 is 1.32 bits per heavy atom. The summed E-state index contributed by atoms with van der Waals surface area (Å²) < 4.78 is -0.662. The quantitative estimate of drug-likeness (QED) is 0.508. The minimum absolute atomic E-state index is 0.0510. The van der Waals surface area contributed by atoms with E-state index in [9.17, 15) is 19.5 Å². The Balaban J connectivity index is 1.73. The zero-order chi connectivity index (χ0) is 22.5. The van der Waals surface area contributed by atoms with Crippen molar-refractivity contribution in [1.82, 2.24) is 10.2 Å². The fraction of sp³-hybridized carbons (Fsp3) is 0.591. The van der Waals surface area contributed by atoms with Crippen molar-refractivity contribution in [3.8, 4) is 0 Å². The highest BCUT2D eigenvalue weighted by atomic mass is 79.9. The standard InChI is InChI=1S/C22H28BrN3O4S/c1-11-5-6-12(2)14(9-11)25-20(29)18-22-10-13(23)17(31-22)15(19(28)24-3)16(22)21(30)26(18)7-4-8-27/h5-6,9,13,15-18,27H,4,7-8,10H2,1-3H3,(H,24,28)(H,25,29)/t13?,15-,16+,17-,18?,22?/m1/s1. The summed E-state index contributed by atoms with van der Waals surface area (Å²) in [5.41, 5.74) is 2.72. The van der Waals surface area contributed by atoms with Gasteiger partial charge in [-0.3, -0.25) is 14.4 Å². The number of halogens is 1. The highest BCUT2D eigenvalue weighted by Crippen LogP contribution is 2.67. The third kappa shape index (κ3) is 3.49. The summed E-state index contributed by atoms with van der Waals surface area (Å²) in [6, 6.07) is 5.18. The average Bonchev–Trinajstić information content (AvgIpc) is 3.32. The van der Waals surface area contributed by atoms with Gasteiger partial charge in [0, 0.05) is 36.0 Å². The molecular formula is C22H28BrN3O4S. The number of hydrogen-bond donors (Lipinski definition) is 3. The van der Waals surface area contributed by atoms with Gasteiger partial charge in [-0.2, -0.15) is 0 Å². The number of likely N-dealkylation sites (tertiary alicyclic amines) is 1. The molecule has 3 heterocycles. The molecule has 0 aromatic heterocycles. The Morgan fingerprint density at radius 2 is 2.06 bits per heavy atom. The molecule has 7 nitrogen and oxygen atoms in total. The molecule has 168 valence electrons. The Kier molecular flexibility index (Phi) is 6.13. The van der Waals surface area contributed by atoms with Crippen LogP contribution in [0.15, 0.2) is 18.2 Å². The Labute approximate surface area is 194 Å². The minimum Gasteiger partial charge on any atom is -0.396 e. The summed E-state index contributed by atoms with van der Waals surface area (Å²) in [4.78, 5) is 41.6. The molecule has 1 spiro atoms. The van der Waals surface area contributed by atoms with Crippen molar-refractivity contribution in [2.45, 2.75) is 47.6 Å². The summed E-state index contributed by atoms with van der Waals surface area (Å²) in [6.07, 6.45) is 1.03. The van der Waals surface area contributed by atoms with Crippen LogP contribution < -0.4 is 10.6 Å². The van der Waals surface area contributed by atoms with Gasteiger partial charge in [0.15, 0.2) is 0 Å². The van der Waals surface area contributed by atoms with Crippen LogP contribution in [0.5, 0.6) is 0 Å². The minimum atomic E-state index is -0.693. The molecular weight excluding hydrogens is 482 g/mol. The largest absolute Gasteiger partial charge is 0.396 e. The number of rotatable bonds is 6. The van der Waals surface area contributed by atoms with E-state index in [1.54, 1.807) is 23.7 Å². The smallest absolute Gasteiger partial charge is 0.248 e. The van der Waals surface area contributed by atoms with E-state index < -0.39 is 22.6 Å². The third-order valence-corrected chi connectivity index (χ3v) is 10.0. The lowest BCUT2D eigenvalue weighted by Crippen LogP contribution is -2.53. The highest BCUT2D eigenvalue weighted by molar-refractivity contribution is 9.09. The third-order valence-electron chi connectivity index (χ3n) is 6.79. The van der Waals surface area contributed by atoms with Gasteiger partial charge >= 0.3 is 0 Å². The van der Waals surface area contributed by atoms with E-state index in [0.29, 0.717) is 12.8 Å². The molecule has 2 bridgehead atoms. The first-order valence-electron chi connectivity index (χ1n) is 10.6. The number of alkyl halides is 1. The van der Waals surface area contributed by atoms with Gasteiger partial charge in [0.05, 0.1) is 16.6 Å². The number of carbonyl (C=O) groups is 3. The molecule has 3 unspecified atom stereocenters. The second kappa shape index (κ2) is 8.41. The molecule has 0 saturated carbocycles. The molecule has 6 atom stereocenters. The summed E-state index contributed by atoms with van der Waals surface area (Å²) in [5.74, 6) is -1.55. The van der Waals surface area contributed by atoms with Gasteiger partial charge in [-0.05, 0) is 43.9 Å². The second-order valence-electron chi connectivity index (χ2n) is 8.69. The maximum atomic E-state index is 13.7. The molecule has 3 N–H and O–H groups in total. The summed E-state index contributed by atoms with van der Waals surface area (Å²) >= 11 is 5.33. The fourth-order valence-corrected chi connectivity index (χ4v) is 9.06. The lowest BCUT2D eigenvalue weighted by Gasteiger charge is -2.35. The van der Waals surface area contributed by atoms with Crippen LogP contribution in [0.25, 0.3) is 0 Å². The van der Waals surface area contributed by atoms with Crippen LogP contribution in [0.1, 0.15) is 24.0 Å². The second-order valence-corrected chi connectivity index (χ2v) is 11.4. The van der Waals surface area contributed by atoms with Crippen molar-refractivity contribution in [1.29, 1.82) is 0 Å². The summed E-state index contributed by atoms with van der Waals surface area (Å²) in [5, 5.41) is 15.1. The molecule has 1 aromatic carbocycles. The molecule has 3 amide bonds. The zero-order valence-corrected chi connectivity index (χ0v) is 20.3. The first-order valence-corrected chi connectivity index (χ1v) is 12.4. The van der Waals surface area contributed by atoms with Gasteiger partial charge in [0.1, 0.15) is 6.04 Å². The number of aryl methyl sites for hydroxylation is 2. The van der Waals surface area contributed by atoms with Gasteiger partial charge < -0.3 is 20.6 Å². The molecule has 4 rings (SSSR count). The number of aliphatic hydroxyl groups excluding tert-OH is 1. The van der Waals surface area contributed by atoms with Crippen molar-refractivity contribution < 1.29 is 19.5 Å². The monoisotopic (exact) mass is 509 g/mol. The predicted octanol–water partition coefficient (Wildman–Crippen LogP) is 1.83. The number of nitrogens with one attached hydrogen (secondary N) is 2. The van der Waals surface area contributed by atoms with Gasteiger partial charge in [0.25, 0.3) is 0 Å². The number of thioether (sulfide) groups is 1. The normalized spacial score (nSPS) is 33.5. The van der Waals surface area contributed by atoms with Gasteiger partial charge in [0.2, 0.25) is 17.7 Å². The van der Waals surface area contributed by atoms with E-state index in [1.165, 1.54) is 0 Å². The van der Waals surface area contributed by atoms with Crippen molar-refractivity contribution >= 4 is 51.1 Å². The Hall–Kier alpha value is -1.58. The molecule has 3 fully saturated rings. The summed E-state index contributed by atoms with van der Waals surface area (Å²) in [6.45, 7) is 4.12. The van der Waals surface area contributed by atoms with Crippen molar-refractivity contribution in [2.75, 3.05) is 25.5 Å². The van der Waals surface area contributed by atoms with Gasteiger partial charge in [-0.25, -0.2) is 0 Å². The Bertz CT molecular complexity index is 928. The lowest BCUT2D eigenvalue weighted by molar-refractivity contribution is -0.139. The van der Waals surface area contributed by atoms with E-state index in [2.05, 4.69) is 26.6 Å². The van der Waals surface area contributed by atoms with Crippen LogP contribution in [0, 0.1) is 25.7 Å². The van der Waals surface area contributed by atoms with E-state index in [-0.39, 0.29) is 41.0 Å². The molecule has 0 radical (unpaired) electrons. The molecule has 9 heteroatoms. The maximum absolute atomic E-state index is 13.7. The number of carbonyl (C=O) groups excluding carboxylic acids is 3. The van der Waals surface area contributed by atoms with Crippen LogP contribution in [0.2, 0.25) is 0 Å². The van der Waals surface area contributed by atoms with Crippen molar-refractivity contribution in [3.63, 3.8) is 0 Å². The topological polar surface area (TPSA) is 98.7 Å². The Morgan fingerprint density at radius 3 is 2.74 bits per heavy atom. The molecule has 3 aliphatic heterocycles. The van der Waals surface area contributed by atoms with E-state index >= 15 is 0 Å². The van der Waals surface area contributed by atoms with Gasteiger partial charge in [-0.1, -0.05) is 28.1 Å². The van der Waals surface area contributed by atoms with Gasteiger partial charge in [-0.15, -0.1) is 11.8 Å². The number of benzene rings is 1. The molecule has 3 saturated heterocycles. The number of hydrogen-bond acceptors (Lipinski definition) is 5.